The van der Waals surface area contributed by atoms with Crippen LogP contribution in [-0.4, -0.2) is 47.8 Å². The normalized spacial score (nSPS) is 30.8. The Morgan fingerprint density at radius 2 is 1.79 bits per heavy atom. The number of nitrogens with zero attached hydrogens (tertiary/aromatic N) is 1. The van der Waals surface area contributed by atoms with Gasteiger partial charge in [-0.05, 0) is 59.9 Å². The van der Waals surface area contributed by atoms with Crippen molar-refractivity contribution in [3.8, 4) is 0 Å². The number of rotatable bonds is 5. The van der Waals surface area contributed by atoms with Crippen LogP contribution in [0, 0.1) is 29.6 Å². The molecule has 202 valence electrons. The van der Waals surface area contributed by atoms with E-state index >= 15 is 0 Å². The summed E-state index contributed by atoms with van der Waals surface area (Å²) in [6.45, 7) is -0.404. The van der Waals surface area contributed by atoms with E-state index in [1.54, 1.807) is 23.1 Å². The largest absolute Gasteiger partial charge is 0.325 e. The second-order valence-corrected chi connectivity index (χ2v) is 15.1. The van der Waals surface area contributed by atoms with Crippen LogP contribution in [0.25, 0.3) is 0 Å². The van der Waals surface area contributed by atoms with E-state index in [2.05, 4.69) is 16.4 Å². The zero-order valence-corrected chi connectivity index (χ0v) is 23.4. The number of H-pyrrole nitrogens is 1. The van der Waals surface area contributed by atoms with Gasteiger partial charge in [0.2, 0.25) is 27.7 Å². The number of nitrogens with one attached hydrogen (secondary N) is 2. The molecule has 0 radical (unpaired) electrons. The van der Waals surface area contributed by atoms with Crippen molar-refractivity contribution in [2.75, 3.05) is 11.9 Å². The number of thiazole rings is 1. The first-order valence-electron chi connectivity index (χ1n) is 12.3. The molecular formula is C25H22N4O6S4. The molecule has 14 heteroatoms. The highest BCUT2D eigenvalue weighted by atomic mass is 32.2. The summed E-state index contributed by atoms with van der Waals surface area (Å²) in [7, 11) is -3.87. The number of hydrogen-bond acceptors (Lipinski definition) is 9. The molecule has 3 fully saturated rings. The Hall–Kier alpha value is -2.78. The van der Waals surface area contributed by atoms with Crippen LogP contribution in [0.3, 0.4) is 0 Å². The molecule has 4 heterocycles. The van der Waals surface area contributed by atoms with Gasteiger partial charge in [-0.1, -0.05) is 17.4 Å². The summed E-state index contributed by atoms with van der Waals surface area (Å²) in [5.41, 5.74) is 0.327. The summed E-state index contributed by atoms with van der Waals surface area (Å²) in [6, 6.07) is 9.41. The molecule has 3 aromatic rings. The van der Waals surface area contributed by atoms with Gasteiger partial charge < -0.3 is 10.3 Å². The molecule has 1 saturated heterocycles. The Morgan fingerprint density at radius 1 is 1.08 bits per heavy atom. The quantitative estimate of drug-likeness (QED) is 0.378. The maximum Gasteiger partial charge on any atom is 0.305 e. The van der Waals surface area contributed by atoms with Gasteiger partial charge in [0.1, 0.15) is 6.54 Å². The van der Waals surface area contributed by atoms with Crippen LogP contribution >= 0.6 is 34.4 Å². The molecule has 39 heavy (non-hydrogen) atoms. The molecule has 2 aliphatic heterocycles. The van der Waals surface area contributed by atoms with Gasteiger partial charge in [-0.25, -0.2) is 13.6 Å². The lowest BCUT2D eigenvalue weighted by molar-refractivity contribution is -0.143. The third-order valence-electron chi connectivity index (χ3n) is 8.43. The van der Waals surface area contributed by atoms with Crippen LogP contribution < -0.4 is 15.3 Å². The lowest BCUT2D eigenvalue weighted by Gasteiger charge is -2.42. The predicted octanol–water partition coefficient (Wildman–Crippen LogP) is 2.26. The van der Waals surface area contributed by atoms with E-state index in [1.165, 1.54) is 35.6 Å². The van der Waals surface area contributed by atoms with Crippen LogP contribution in [0.5, 0.6) is 0 Å². The standard InChI is InChI=1S/C25H22N4O6S4/c26-39(34,35)11-5-3-10(4-6-11)27-15(30)9-29-23(31)17-12-8-13(18(17)24(29)32)20-16(12)19(14-2-1-7-36-14)21-22(37-20)28-25(33)38-21/h1-7,12-13,16-20H,8-9H2,(H,27,30)(H,28,33)(H2,26,34,35)/t12?,13?,16?,17?,18?,19-,20?/m1/s1. The van der Waals surface area contributed by atoms with Crippen LogP contribution in [0.15, 0.2) is 56.5 Å². The van der Waals surface area contributed by atoms with Gasteiger partial charge in [-0.15, -0.1) is 23.1 Å². The Kier molecular flexibility index (Phi) is 5.73. The fourth-order valence-electron chi connectivity index (χ4n) is 7.09. The Bertz CT molecular complexity index is 1680. The van der Waals surface area contributed by atoms with E-state index in [4.69, 9.17) is 5.14 Å². The van der Waals surface area contributed by atoms with E-state index in [9.17, 15) is 27.6 Å². The second kappa shape index (κ2) is 8.86. The average molecular weight is 603 g/mol. The third kappa shape index (κ3) is 3.87. The van der Waals surface area contributed by atoms with Gasteiger partial charge in [0, 0.05) is 26.6 Å². The number of aromatic nitrogens is 1. The molecule has 6 unspecified atom stereocenters. The number of carbonyl (C=O) groups is 3. The summed E-state index contributed by atoms with van der Waals surface area (Å²) in [5.74, 6) is -1.98. The fraction of sp³-hybridized carbons (Fsp3) is 0.360. The molecule has 2 aromatic heterocycles. The molecule has 2 aliphatic carbocycles. The molecule has 3 amide bonds. The molecule has 4 aliphatic rings. The number of aromatic amines is 1. The maximum atomic E-state index is 13.6. The zero-order chi connectivity index (χ0) is 27.2. The number of sulfonamides is 1. The van der Waals surface area contributed by atoms with Crippen LogP contribution in [-0.2, 0) is 24.4 Å². The molecule has 0 spiro atoms. The first-order chi connectivity index (χ1) is 18.6. The molecule has 4 N–H and O–H groups in total. The number of thioether (sulfide) groups is 1. The number of hydrogen-bond donors (Lipinski definition) is 3. The lowest BCUT2D eigenvalue weighted by atomic mass is 9.69. The van der Waals surface area contributed by atoms with E-state index in [-0.39, 0.29) is 50.5 Å². The van der Waals surface area contributed by atoms with Gasteiger partial charge in [-0.2, -0.15) is 0 Å². The van der Waals surface area contributed by atoms with Crippen molar-refractivity contribution < 1.29 is 22.8 Å². The number of imide groups is 1. The minimum absolute atomic E-state index is 0.00621. The average Bonchev–Trinajstić information content (AvgIpc) is 3.69. The number of anilines is 1. The van der Waals surface area contributed by atoms with E-state index in [1.807, 2.05) is 11.4 Å². The van der Waals surface area contributed by atoms with Gasteiger partial charge in [0.25, 0.3) is 0 Å². The highest BCUT2D eigenvalue weighted by molar-refractivity contribution is 8.00. The topological polar surface area (TPSA) is 159 Å². The highest BCUT2D eigenvalue weighted by Gasteiger charge is 2.69. The Balaban J connectivity index is 1.13. The predicted molar refractivity (Wildman–Crippen MR) is 146 cm³/mol. The van der Waals surface area contributed by atoms with Gasteiger partial charge in [0.05, 0.1) is 21.8 Å². The van der Waals surface area contributed by atoms with Crippen LogP contribution in [0.2, 0.25) is 0 Å². The molecule has 2 bridgehead atoms. The molecule has 7 atom stereocenters. The van der Waals surface area contributed by atoms with Gasteiger partial charge in [-0.3, -0.25) is 24.1 Å². The van der Waals surface area contributed by atoms with Crippen molar-refractivity contribution in [3.05, 3.63) is 61.2 Å². The zero-order valence-electron chi connectivity index (χ0n) is 20.1. The summed E-state index contributed by atoms with van der Waals surface area (Å²) in [6.07, 6.45) is 0.784. The number of amides is 3. The smallest absolute Gasteiger partial charge is 0.305 e. The Morgan fingerprint density at radius 3 is 2.46 bits per heavy atom. The first kappa shape index (κ1) is 25.2. The molecule has 10 nitrogen and oxygen atoms in total. The van der Waals surface area contributed by atoms with Crippen molar-refractivity contribution in [1.82, 2.24) is 9.88 Å². The second-order valence-electron chi connectivity index (χ2n) is 10.4. The summed E-state index contributed by atoms with van der Waals surface area (Å²) < 4.78 is 22.9. The number of likely N-dealkylation sites (tertiary alicyclic amines) is 1. The molecular weight excluding hydrogens is 581 g/mol. The number of fused-ring (bicyclic) bond motifs is 9. The van der Waals surface area contributed by atoms with Gasteiger partial charge in [0.15, 0.2) is 0 Å². The monoisotopic (exact) mass is 602 g/mol. The van der Waals surface area contributed by atoms with Crippen molar-refractivity contribution >= 4 is 67.9 Å². The highest BCUT2D eigenvalue weighted by Crippen LogP contribution is 2.68. The first-order valence-corrected chi connectivity index (χ1v) is 16.4. The van der Waals surface area contributed by atoms with E-state index < -0.39 is 34.3 Å². The molecule has 7 rings (SSSR count). The number of primary sulfonamides is 1. The van der Waals surface area contributed by atoms with Crippen LogP contribution in [0.1, 0.15) is 22.1 Å². The minimum atomic E-state index is -3.87. The number of carbonyl (C=O) groups excluding carboxylic acids is 3. The van der Waals surface area contributed by atoms with Gasteiger partial charge >= 0.3 is 4.87 Å². The van der Waals surface area contributed by atoms with E-state index in [0.29, 0.717) is 5.69 Å². The van der Waals surface area contributed by atoms with Crippen molar-refractivity contribution in [2.45, 2.75) is 27.5 Å². The molecule has 2 saturated carbocycles. The SMILES string of the molecule is NS(=O)(=O)c1ccc(NC(=O)CN2C(=O)C3C4CC(C3C2=O)C2C4Sc3[nH]c(=O)sc3[C@@H]2c2cccs2)cc1. The fourth-order valence-corrected chi connectivity index (χ4v) is 11.5. The summed E-state index contributed by atoms with van der Waals surface area (Å²) >= 11 is 4.50. The number of thiophene rings is 1. The molecule has 1 aromatic carbocycles. The minimum Gasteiger partial charge on any atom is -0.325 e. The number of benzene rings is 1. The maximum absolute atomic E-state index is 13.6. The van der Waals surface area contributed by atoms with Crippen molar-refractivity contribution in [1.29, 1.82) is 0 Å². The summed E-state index contributed by atoms with van der Waals surface area (Å²) in [4.78, 5) is 58.3. The van der Waals surface area contributed by atoms with Crippen molar-refractivity contribution in [2.24, 2.45) is 34.7 Å². The number of nitrogens with two attached hydrogens (primary N) is 1. The van der Waals surface area contributed by atoms with E-state index in [0.717, 1.165) is 26.1 Å². The summed E-state index contributed by atoms with van der Waals surface area (Å²) in [5, 5.41) is 10.7. The third-order valence-corrected chi connectivity index (χ3v) is 12.9. The Labute approximate surface area is 235 Å². The lowest BCUT2D eigenvalue weighted by Crippen LogP contribution is -2.42. The van der Waals surface area contributed by atoms with Crippen molar-refractivity contribution in [3.63, 3.8) is 0 Å². The van der Waals surface area contributed by atoms with Crippen LogP contribution in [0.4, 0.5) is 5.69 Å².